The first-order chi connectivity index (χ1) is 15.9. The maximum atomic E-state index is 13.2. The van der Waals surface area contributed by atoms with Gasteiger partial charge in [-0.25, -0.2) is 9.67 Å². The highest BCUT2D eigenvalue weighted by Crippen LogP contribution is 2.31. The molecule has 3 aromatic heterocycles. The van der Waals surface area contributed by atoms with E-state index in [4.69, 9.17) is 0 Å². The minimum absolute atomic E-state index is 0.203. The van der Waals surface area contributed by atoms with Crippen LogP contribution in [0.4, 0.5) is 13.2 Å². The number of aromatic nitrogens is 5. The maximum Gasteiger partial charge on any atom is 0.416 e. The maximum absolute atomic E-state index is 13.2. The van der Waals surface area contributed by atoms with Crippen molar-refractivity contribution < 1.29 is 18.0 Å². The molecule has 0 spiro atoms. The number of aryl methyl sites for hydroxylation is 2. The van der Waals surface area contributed by atoms with E-state index in [-0.39, 0.29) is 23.7 Å². The summed E-state index contributed by atoms with van der Waals surface area (Å²) in [7, 11) is 0. The van der Waals surface area contributed by atoms with Gasteiger partial charge in [-0.3, -0.25) is 4.79 Å². The van der Waals surface area contributed by atoms with Crippen molar-refractivity contribution in [3.8, 4) is 11.5 Å². The Morgan fingerprint density at radius 1 is 1.12 bits per heavy atom. The van der Waals surface area contributed by atoms with Crippen molar-refractivity contribution in [3.05, 3.63) is 83.8 Å². The van der Waals surface area contributed by atoms with Gasteiger partial charge < -0.3 is 14.5 Å². The fraction of sp³-hybridized carbons (Fsp3) is 0.261. The molecule has 0 saturated heterocycles. The van der Waals surface area contributed by atoms with Crippen LogP contribution >= 0.6 is 0 Å². The third kappa shape index (κ3) is 4.15. The molecule has 4 heterocycles. The zero-order valence-corrected chi connectivity index (χ0v) is 17.6. The van der Waals surface area contributed by atoms with E-state index in [0.717, 1.165) is 49.5 Å². The van der Waals surface area contributed by atoms with Gasteiger partial charge in [0.25, 0.3) is 5.91 Å². The first-order valence-electron chi connectivity index (χ1n) is 10.6. The molecule has 0 aliphatic carbocycles. The quantitative estimate of drug-likeness (QED) is 0.493. The Kier molecular flexibility index (Phi) is 5.27. The molecule has 0 saturated carbocycles. The van der Waals surface area contributed by atoms with Crippen molar-refractivity contribution in [1.29, 1.82) is 0 Å². The molecule has 4 aromatic rings. The van der Waals surface area contributed by atoms with Crippen LogP contribution in [0.5, 0.6) is 0 Å². The summed E-state index contributed by atoms with van der Waals surface area (Å²) < 4.78 is 44.8. The summed E-state index contributed by atoms with van der Waals surface area (Å²) in [5.74, 6) is 0.986. The summed E-state index contributed by atoms with van der Waals surface area (Å²) >= 11 is 0. The Labute approximate surface area is 187 Å². The van der Waals surface area contributed by atoms with E-state index in [2.05, 4.69) is 20.0 Å². The van der Waals surface area contributed by atoms with Gasteiger partial charge in [-0.15, -0.1) is 0 Å². The average molecular weight is 454 g/mol. The fourth-order valence-corrected chi connectivity index (χ4v) is 4.05. The summed E-state index contributed by atoms with van der Waals surface area (Å²) in [4.78, 5) is 17.6. The molecule has 0 bridgehead atoms. The van der Waals surface area contributed by atoms with Crippen LogP contribution in [-0.4, -0.2) is 29.8 Å². The van der Waals surface area contributed by atoms with Gasteiger partial charge in [-0.1, -0.05) is 6.07 Å². The van der Waals surface area contributed by atoms with E-state index in [1.54, 1.807) is 29.1 Å². The number of carbonyl (C=O) groups is 1. The van der Waals surface area contributed by atoms with Crippen LogP contribution in [-0.2, 0) is 25.7 Å². The van der Waals surface area contributed by atoms with Crippen LogP contribution in [0.3, 0.4) is 0 Å². The average Bonchev–Trinajstić information content (AvgIpc) is 3.55. The number of nitrogens with one attached hydrogen (secondary N) is 1. The van der Waals surface area contributed by atoms with E-state index in [9.17, 15) is 18.0 Å². The van der Waals surface area contributed by atoms with Crippen LogP contribution in [0.15, 0.2) is 61.2 Å². The number of halogens is 3. The SMILES string of the molecule is O=C(NCc1cn2c(n1)CCCC2)c1cnn(-c2cccc(C(F)(F)F)c2)c1-n1cccc1. The van der Waals surface area contributed by atoms with E-state index in [1.165, 1.54) is 23.0 Å². The summed E-state index contributed by atoms with van der Waals surface area (Å²) in [6.45, 7) is 1.18. The summed E-state index contributed by atoms with van der Waals surface area (Å²) in [6, 6.07) is 8.38. The Bertz CT molecular complexity index is 1260. The van der Waals surface area contributed by atoms with E-state index in [0.29, 0.717) is 5.82 Å². The molecular formula is C23H21F3N6O. The third-order valence-corrected chi connectivity index (χ3v) is 5.64. The second-order valence-electron chi connectivity index (χ2n) is 7.91. The highest BCUT2D eigenvalue weighted by atomic mass is 19.4. The predicted molar refractivity (Wildman–Crippen MR) is 114 cm³/mol. The predicted octanol–water partition coefficient (Wildman–Crippen LogP) is 4.14. The van der Waals surface area contributed by atoms with Gasteiger partial charge in [-0.2, -0.15) is 18.3 Å². The number of hydrogen-bond donors (Lipinski definition) is 1. The van der Waals surface area contributed by atoms with Gasteiger partial charge in [0.05, 0.1) is 29.7 Å². The zero-order chi connectivity index (χ0) is 23.0. The Morgan fingerprint density at radius 2 is 1.94 bits per heavy atom. The molecule has 1 amide bonds. The lowest BCUT2D eigenvalue weighted by molar-refractivity contribution is -0.137. The number of carbonyl (C=O) groups excluding carboxylic acids is 1. The smallest absolute Gasteiger partial charge is 0.346 e. The molecule has 0 fully saturated rings. The van der Waals surface area contributed by atoms with Gasteiger partial charge in [0.1, 0.15) is 11.4 Å². The van der Waals surface area contributed by atoms with E-state index in [1.807, 2.05) is 6.20 Å². The molecule has 7 nitrogen and oxygen atoms in total. The number of imidazole rings is 1. The molecule has 1 aliphatic heterocycles. The second kappa shape index (κ2) is 8.27. The summed E-state index contributed by atoms with van der Waals surface area (Å²) in [5.41, 5.74) is 0.429. The standard InChI is InChI=1S/C23H21F3N6O/c24-23(25,26)16-6-5-7-18(12-16)32-22(30-9-3-4-10-30)19(14-28-32)21(33)27-13-17-15-31-11-2-1-8-20(31)29-17/h3-7,9-10,12,14-15H,1-2,8,11,13H2,(H,27,33). The lowest BCUT2D eigenvalue weighted by Crippen LogP contribution is -2.24. The molecular weight excluding hydrogens is 433 g/mol. The van der Waals surface area contributed by atoms with Crippen LogP contribution in [0.2, 0.25) is 0 Å². The summed E-state index contributed by atoms with van der Waals surface area (Å²) in [6.07, 6.45) is 5.40. The molecule has 0 unspecified atom stereocenters. The van der Waals surface area contributed by atoms with Gasteiger partial charge in [-0.05, 0) is 43.2 Å². The van der Waals surface area contributed by atoms with Gasteiger partial charge >= 0.3 is 6.18 Å². The molecule has 1 N–H and O–H groups in total. The molecule has 1 aliphatic rings. The van der Waals surface area contributed by atoms with Crippen LogP contribution in [0.25, 0.3) is 11.5 Å². The first-order valence-corrected chi connectivity index (χ1v) is 10.6. The molecule has 10 heteroatoms. The second-order valence-corrected chi connectivity index (χ2v) is 7.91. The number of benzene rings is 1. The molecule has 5 rings (SSSR count). The molecule has 170 valence electrons. The largest absolute Gasteiger partial charge is 0.416 e. The monoisotopic (exact) mass is 454 g/mol. The highest BCUT2D eigenvalue weighted by molar-refractivity contribution is 5.97. The lowest BCUT2D eigenvalue weighted by atomic mass is 10.2. The Hall–Kier alpha value is -3.82. The first kappa shape index (κ1) is 21.0. The molecule has 0 atom stereocenters. The van der Waals surface area contributed by atoms with Crippen molar-refractivity contribution in [2.75, 3.05) is 0 Å². The Balaban J connectivity index is 1.45. The normalized spacial score (nSPS) is 13.7. The zero-order valence-electron chi connectivity index (χ0n) is 17.6. The van der Waals surface area contributed by atoms with Crippen LogP contribution in [0, 0.1) is 0 Å². The number of amides is 1. The van der Waals surface area contributed by atoms with Crippen molar-refractivity contribution in [2.24, 2.45) is 0 Å². The number of alkyl halides is 3. The fourth-order valence-electron chi connectivity index (χ4n) is 4.05. The highest BCUT2D eigenvalue weighted by Gasteiger charge is 2.31. The number of hydrogen-bond acceptors (Lipinski definition) is 3. The van der Waals surface area contributed by atoms with Gasteiger partial charge in [0.15, 0.2) is 5.82 Å². The number of rotatable bonds is 5. The van der Waals surface area contributed by atoms with Crippen molar-refractivity contribution in [1.82, 2.24) is 29.2 Å². The lowest BCUT2D eigenvalue weighted by Gasteiger charge is -2.13. The minimum atomic E-state index is -4.49. The topological polar surface area (TPSA) is 69.7 Å². The van der Waals surface area contributed by atoms with E-state index >= 15 is 0 Å². The van der Waals surface area contributed by atoms with Crippen molar-refractivity contribution in [2.45, 2.75) is 38.5 Å². The molecule has 1 aromatic carbocycles. The van der Waals surface area contributed by atoms with Gasteiger partial charge in [0, 0.05) is 31.6 Å². The third-order valence-electron chi connectivity index (χ3n) is 5.64. The van der Waals surface area contributed by atoms with Crippen LogP contribution in [0.1, 0.15) is 40.3 Å². The number of nitrogens with zero attached hydrogens (tertiary/aromatic N) is 5. The minimum Gasteiger partial charge on any atom is -0.346 e. The van der Waals surface area contributed by atoms with Crippen LogP contribution < -0.4 is 5.32 Å². The van der Waals surface area contributed by atoms with Gasteiger partial charge in [0.2, 0.25) is 0 Å². The Morgan fingerprint density at radius 3 is 2.70 bits per heavy atom. The van der Waals surface area contributed by atoms with Crippen molar-refractivity contribution in [3.63, 3.8) is 0 Å². The molecule has 0 radical (unpaired) electrons. The molecule has 33 heavy (non-hydrogen) atoms. The van der Waals surface area contributed by atoms with Crippen molar-refractivity contribution >= 4 is 5.91 Å². The van der Waals surface area contributed by atoms with E-state index < -0.39 is 11.7 Å². The number of fused-ring (bicyclic) bond motifs is 1. The summed E-state index contributed by atoms with van der Waals surface area (Å²) in [5, 5.41) is 7.11.